The van der Waals surface area contributed by atoms with Gasteiger partial charge in [-0.05, 0) is 25.0 Å². The van der Waals surface area contributed by atoms with E-state index in [4.69, 9.17) is 21.7 Å². The van der Waals surface area contributed by atoms with Crippen LogP contribution in [0.4, 0.5) is 0 Å². The highest BCUT2D eigenvalue weighted by Gasteiger charge is 2.06. The molecule has 1 aromatic rings. The van der Waals surface area contributed by atoms with Crippen molar-refractivity contribution >= 4 is 5.84 Å². The van der Waals surface area contributed by atoms with Crippen molar-refractivity contribution in [3.05, 3.63) is 23.8 Å². The maximum Gasteiger partial charge on any atom is 0.132 e. The molecule has 2 rings (SSSR count). The van der Waals surface area contributed by atoms with Crippen LogP contribution in [0.5, 0.6) is 5.75 Å². The fourth-order valence-corrected chi connectivity index (χ4v) is 2.10. The van der Waals surface area contributed by atoms with E-state index in [-0.39, 0.29) is 17.2 Å². The molecule has 0 amide bonds. The minimum absolute atomic E-state index is 0.0379. The number of nitrogens with two attached hydrogens (primary N) is 1. The van der Waals surface area contributed by atoms with Gasteiger partial charge in [0.25, 0.3) is 0 Å². The van der Waals surface area contributed by atoms with E-state index in [1.165, 1.54) is 55.0 Å². The first kappa shape index (κ1) is 16.4. The summed E-state index contributed by atoms with van der Waals surface area (Å²) in [6.07, 6.45) is 8.04. The summed E-state index contributed by atoms with van der Waals surface area (Å²) >= 11 is 0. The number of aromatic hydroxyl groups is 1. The molecule has 1 fully saturated rings. The van der Waals surface area contributed by atoms with Gasteiger partial charge in [0.1, 0.15) is 17.1 Å². The number of nitrogens with one attached hydrogen (secondary N) is 2. The molecule has 1 aromatic heterocycles. The zero-order valence-corrected chi connectivity index (χ0v) is 12.4. The van der Waals surface area contributed by atoms with Gasteiger partial charge in [0, 0.05) is 12.0 Å². The van der Waals surface area contributed by atoms with Crippen molar-refractivity contribution in [2.45, 2.75) is 52.0 Å². The summed E-state index contributed by atoms with van der Waals surface area (Å²) in [7, 11) is 0. The number of aromatic nitrogens is 1. The van der Waals surface area contributed by atoms with E-state index < -0.39 is 0 Å². The lowest BCUT2D eigenvalue weighted by atomic mass is 9.97. The predicted molar refractivity (Wildman–Crippen MR) is 81.0 cm³/mol. The van der Waals surface area contributed by atoms with Crippen LogP contribution >= 0.6 is 0 Å². The fourth-order valence-electron chi connectivity index (χ4n) is 2.10. The van der Waals surface area contributed by atoms with Crippen molar-refractivity contribution in [1.82, 2.24) is 4.57 Å². The molecule has 1 aliphatic carbocycles. The summed E-state index contributed by atoms with van der Waals surface area (Å²) in [5.41, 5.74) is 5.84. The second kappa shape index (κ2) is 7.85. The van der Waals surface area contributed by atoms with Crippen LogP contribution in [-0.2, 0) is 0 Å². The lowest BCUT2D eigenvalue weighted by Gasteiger charge is -2.15. The Kier molecular flexibility index (Phi) is 6.45. The van der Waals surface area contributed by atoms with Gasteiger partial charge in [0.15, 0.2) is 0 Å². The van der Waals surface area contributed by atoms with Gasteiger partial charge >= 0.3 is 0 Å². The summed E-state index contributed by atoms with van der Waals surface area (Å²) in [4.78, 5) is 0. The van der Waals surface area contributed by atoms with Crippen molar-refractivity contribution < 1.29 is 5.11 Å². The molecule has 1 heterocycles. The maximum absolute atomic E-state index is 9.17. The molecule has 0 bridgehead atoms. The van der Waals surface area contributed by atoms with E-state index in [1.807, 2.05) is 13.8 Å². The van der Waals surface area contributed by atoms with Gasteiger partial charge < -0.3 is 10.8 Å². The van der Waals surface area contributed by atoms with Gasteiger partial charge in [-0.3, -0.25) is 15.4 Å². The molecule has 0 unspecified atom stereocenters. The summed E-state index contributed by atoms with van der Waals surface area (Å²) in [6.45, 7) is 3.75. The predicted octanol–water partition coefficient (Wildman–Crippen LogP) is 2.43. The minimum Gasteiger partial charge on any atom is -0.506 e. The first-order chi connectivity index (χ1) is 9.41. The molecule has 1 aliphatic rings. The lowest BCUT2D eigenvalue weighted by molar-refractivity contribution is 0.441. The summed E-state index contributed by atoms with van der Waals surface area (Å²) < 4.78 is 1.36. The Balaban J connectivity index is 0.000000240. The highest BCUT2D eigenvalue weighted by atomic mass is 16.3. The van der Waals surface area contributed by atoms with Crippen LogP contribution in [-0.4, -0.2) is 21.6 Å². The largest absolute Gasteiger partial charge is 0.506 e. The van der Waals surface area contributed by atoms with Crippen LogP contribution in [0.25, 0.3) is 0 Å². The van der Waals surface area contributed by atoms with Crippen molar-refractivity contribution in [3.8, 4) is 5.75 Å². The first-order valence-electron chi connectivity index (χ1n) is 7.22. The van der Waals surface area contributed by atoms with E-state index in [2.05, 4.69) is 0 Å². The topological polar surface area (TPSA) is 98.9 Å². The summed E-state index contributed by atoms with van der Waals surface area (Å²) in [5, 5.41) is 24.3. The summed E-state index contributed by atoms with van der Waals surface area (Å²) in [5.74, 6) is 0.415. The van der Waals surface area contributed by atoms with Crippen LogP contribution in [0, 0.1) is 16.7 Å². The smallest absolute Gasteiger partial charge is 0.132 e. The van der Waals surface area contributed by atoms with Crippen LogP contribution in [0.3, 0.4) is 0 Å². The summed E-state index contributed by atoms with van der Waals surface area (Å²) in [6, 6.07) is 3.44. The Morgan fingerprint density at radius 1 is 1.30 bits per heavy atom. The molecule has 0 radical (unpaired) electrons. The molecule has 5 nitrogen and oxygen atoms in total. The average Bonchev–Trinajstić information content (AvgIpc) is 2.42. The normalized spacial score (nSPS) is 15.6. The van der Waals surface area contributed by atoms with Gasteiger partial charge in [-0.1, -0.05) is 33.1 Å². The van der Waals surface area contributed by atoms with Crippen LogP contribution < -0.4 is 11.2 Å². The molecule has 112 valence electrons. The van der Waals surface area contributed by atoms with Crippen LogP contribution in [0.2, 0.25) is 0 Å². The van der Waals surface area contributed by atoms with Crippen molar-refractivity contribution in [2.24, 2.45) is 11.7 Å². The van der Waals surface area contributed by atoms with Gasteiger partial charge in [0.2, 0.25) is 0 Å². The lowest BCUT2D eigenvalue weighted by Crippen LogP contribution is -2.28. The molecule has 20 heavy (non-hydrogen) atoms. The Hall–Kier alpha value is -1.62. The molecule has 0 atom stereocenters. The molecule has 5 heteroatoms. The quantitative estimate of drug-likeness (QED) is 0.468. The van der Waals surface area contributed by atoms with Crippen molar-refractivity contribution in [3.63, 3.8) is 0 Å². The van der Waals surface area contributed by atoms with Gasteiger partial charge in [-0.15, -0.1) is 0 Å². The number of pyridine rings is 1. The standard InChI is InChI=1S/C9H13N3O.C6H13N/c1-6(2)9(11)12-5-7(13)3-4-8(12)10;7-6-4-2-1-3-5-6/h3-6,10-11,13H,1-2H3;6H,1-5,7H2. The molecular weight excluding hydrogens is 252 g/mol. The molecule has 5 N–H and O–H groups in total. The minimum atomic E-state index is 0.0379. The third-order valence-corrected chi connectivity index (χ3v) is 3.39. The molecule has 0 saturated heterocycles. The van der Waals surface area contributed by atoms with Crippen molar-refractivity contribution in [1.29, 1.82) is 10.8 Å². The second-order valence-electron chi connectivity index (χ2n) is 5.58. The molecule has 0 aromatic carbocycles. The number of hydrogen-bond acceptors (Lipinski definition) is 4. The van der Waals surface area contributed by atoms with E-state index in [0.29, 0.717) is 11.9 Å². The van der Waals surface area contributed by atoms with E-state index in [1.54, 1.807) is 0 Å². The SMILES string of the molecule is CC(C)C(=N)n1cc(O)ccc1=N.NC1CCCCC1. The Morgan fingerprint density at radius 2 is 1.90 bits per heavy atom. The zero-order chi connectivity index (χ0) is 15.1. The Morgan fingerprint density at radius 3 is 2.35 bits per heavy atom. The van der Waals surface area contributed by atoms with Gasteiger partial charge in [0.05, 0.1) is 6.20 Å². The first-order valence-corrected chi connectivity index (χ1v) is 7.22. The average molecular weight is 278 g/mol. The Bertz CT molecular complexity index is 487. The van der Waals surface area contributed by atoms with Crippen molar-refractivity contribution in [2.75, 3.05) is 0 Å². The monoisotopic (exact) mass is 278 g/mol. The molecule has 0 spiro atoms. The van der Waals surface area contributed by atoms with E-state index in [0.717, 1.165) is 0 Å². The Labute approximate surface area is 120 Å². The highest BCUT2D eigenvalue weighted by molar-refractivity contribution is 5.83. The molecular formula is C15H26N4O. The third-order valence-electron chi connectivity index (χ3n) is 3.39. The van der Waals surface area contributed by atoms with Crippen LogP contribution in [0.15, 0.2) is 18.3 Å². The van der Waals surface area contributed by atoms with Crippen LogP contribution in [0.1, 0.15) is 46.0 Å². The van der Waals surface area contributed by atoms with Gasteiger partial charge in [-0.25, -0.2) is 0 Å². The van der Waals surface area contributed by atoms with Gasteiger partial charge in [-0.2, -0.15) is 0 Å². The molecule has 0 aliphatic heterocycles. The number of rotatable bonds is 1. The van der Waals surface area contributed by atoms with E-state index >= 15 is 0 Å². The number of nitrogens with zero attached hydrogens (tertiary/aromatic N) is 1. The second-order valence-corrected chi connectivity index (χ2v) is 5.58. The third kappa shape index (κ3) is 5.17. The maximum atomic E-state index is 9.17. The fraction of sp³-hybridized carbons (Fsp3) is 0.600. The molecule has 1 saturated carbocycles. The van der Waals surface area contributed by atoms with E-state index in [9.17, 15) is 0 Å². The zero-order valence-electron chi connectivity index (χ0n) is 12.4. The number of hydrogen-bond donors (Lipinski definition) is 4. The highest BCUT2D eigenvalue weighted by Crippen LogP contribution is 2.14.